The van der Waals surface area contributed by atoms with Gasteiger partial charge in [-0.2, -0.15) is 0 Å². The Hall–Kier alpha value is -3.22. The van der Waals surface area contributed by atoms with E-state index in [9.17, 15) is 9.59 Å². The third-order valence-electron chi connectivity index (χ3n) is 5.22. The van der Waals surface area contributed by atoms with Crippen LogP contribution in [0, 0.1) is 5.92 Å². The van der Waals surface area contributed by atoms with Crippen LogP contribution < -0.4 is 25.4 Å². The van der Waals surface area contributed by atoms with Gasteiger partial charge in [-0.1, -0.05) is 6.07 Å². The number of nitrogens with two attached hydrogens (primary N) is 1. The minimum absolute atomic E-state index is 0.117. The van der Waals surface area contributed by atoms with E-state index in [-0.39, 0.29) is 17.7 Å². The molecule has 0 aliphatic carbocycles. The van der Waals surface area contributed by atoms with Crippen LogP contribution in [-0.4, -0.2) is 39.1 Å². The normalized spacial score (nSPS) is 16.2. The fourth-order valence-electron chi connectivity index (χ4n) is 3.54. The zero-order chi connectivity index (χ0) is 20.8. The van der Waals surface area contributed by atoms with Crippen LogP contribution in [0.2, 0.25) is 0 Å². The summed E-state index contributed by atoms with van der Waals surface area (Å²) in [6, 6.07) is 13.0. The number of hydrogen-bond acceptors (Lipinski definition) is 5. The summed E-state index contributed by atoms with van der Waals surface area (Å²) in [5.41, 5.74) is 7.94. The fraction of sp³-hybridized carbons (Fsp3) is 0.364. The molecule has 1 fully saturated rings. The third-order valence-corrected chi connectivity index (χ3v) is 5.22. The van der Waals surface area contributed by atoms with Gasteiger partial charge in [-0.15, -0.1) is 0 Å². The van der Waals surface area contributed by atoms with Gasteiger partial charge in [-0.25, -0.2) is 0 Å². The molecule has 1 atom stereocenters. The molecule has 1 saturated heterocycles. The minimum Gasteiger partial charge on any atom is -0.493 e. The molecular formula is C22H27N3O4. The molecule has 0 aromatic heterocycles. The van der Waals surface area contributed by atoms with E-state index in [4.69, 9.17) is 15.2 Å². The Labute approximate surface area is 170 Å². The lowest BCUT2D eigenvalue weighted by Crippen LogP contribution is -2.41. The molecule has 0 unspecified atom stereocenters. The number of rotatable bonds is 7. The van der Waals surface area contributed by atoms with Gasteiger partial charge in [0.05, 0.1) is 20.1 Å². The maximum absolute atomic E-state index is 12.5. The molecular weight excluding hydrogens is 370 g/mol. The molecule has 0 radical (unpaired) electrons. The number of carbonyl (C=O) groups is 2. The Bertz CT molecular complexity index is 867. The highest BCUT2D eigenvalue weighted by atomic mass is 16.5. The van der Waals surface area contributed by atoms with Crippen LogP contribution in [0.4, 0.5) is 5.69 Å². The summed E-state index contributed by atoms with van der Waals surface area (Å²) in [5, 5.41) is 2.91. The molecule has 2 aromatic carbocycles. The summed E-state index contributed by atoms with van der Waals surface area (Å²) in [4.78, 5) is 26.1. The predicted octanol–water partition coefficient (Wildman–Crippen LogP) is 2.34. The Kier molecular flexibility index (Phi) is 6.59. The van der Waals surface area contributed by atoms with Gasteiger partial charge in [-0.3, -0.25) is 9.59 Å². The number of amides is 2. The smallest absolute Gasteiger partial charge is 0.251 e. The summed E-state index contributed by atoms with van der Waals surface area (Å²) in [7, 11) is 3.16. The van der Waals surface area contributed by atoms with Crippen LogP contribution >= 0.6 is 0 Å². The number of methoxy groups -OCH3 is 2. The largest absolute Gasteiger partial charge is 0.493 e. The monoisotopic (exact) mass is 397 g/mol. The van der Waals surface area contributed by atoms with E-state index in [1.807, 2.05) is 30.3 Å². The lowest BCUT2D eigenvalue weighted by molar-refractivity contribution is -0.122. The average Bonchev–Trinajstić information content (AvgIpc) is 2.77. The highest BCUT2D eigenvalue weighted by Gasteiger charge is 2.24. The topological polar surface area (TPSA) is 93.9 Å². The molecule has 0 saturated carbocycles. The number of anilines is 1. The molecule has 0 spiro atoms. The number of nitrogens with zero attached hydrogens (tertiary/aromatic N) is 1. The van der Waals surface area contributed by atoms with Crippen LogP contribution in [0.25, 0.3) is 0 Å². The first-order valence-corrected chi connectivity index (χ1v) is 9.65. The van der Waals surface area contributed by atoms with Crippen molar-refractivity contribution in [2.45, 2.75) is 19.4 Å². The van der Waals surface area contributed by atoms with Crippen LogP contribution in [0.15, 0.2) is 42.5 Å². The number of benzene rings is 2. The molecule has 2 aromatic rings. The summed E-state index contributed by atoms with van der Waals surface area (Å²) in [6.07, 6.45) is 1.77. The zero-order valence-electron chi connectivity index (χ0n) is 16.8. The quantitative estimate of drug-likeness (QED) is 0.748. The van der Waals surface area contributed by atoms with E-state index in [0.717, 1.165) is 30.6 Å². The van der Waals surface area contributed by atoms with E-state index in [2.05, 4.69) is 10.2 Å². The zero-order valence-corrected chi connectivity index (χ0v) is 16.8. The predicted molar refractivity (Wildman–Crippen MR) is 111 cm³/mol. The fourth-order valence-corrected chi connectivity index (χ4v) is 3.54. The first-order valence-electron chi connectivity index (χ1n) is 9.65. The van der Waals surface area contributed by atoms with Crippen LogP contribution in [0.3, 0.4) is 0 Å². The van der Waals surface area contributed by atoms with Crippen molar-refractivity contribution in [2.75, 3.05) is 32.2 Å². The second-order valence-electron chi connectivity index (χ2n) is 7.11. The summed E-state index contributed by atoms with van der Waals surface area (Å²) in [5.74, 6) is 0.753. The first-order chi connectivity index (χ1) is 14.0. The highest BCUT2D eigenvalue weighted by molar-refractivity contribution is 5.94. The standard InChI is InChI=1S/C22H27N3O4/c1-28-19-10-5-15(12-20(19)29-2)13-24-22(27)16-6-8-18(9-7-16)25-11-3-4-17(14-25)21(23)26/h5-10,12,17H,3-4,11,13-14H2,1-2H3,(H2,23,26)(H,24,27)/t17-/m0/s1. The molecule has 1 aliphatic rings. The first kappa shape index (κ1) is 20.5. The Morgan fingerprint density at radius 3 is 2.48 bits per heavy atom. The number of ether oxygens (including phenoxy) is 2. The van der Waals surface area contributed by atoms with E-state index in [0.29, 0.717) is 30.2 Å². The molecule has 3 rings (SSSR count). The van der Waals surface area contributed by atoms with Crippen molar-refractivity contribution in [3.63, 3.8) is 0 Å². The minimum atomic E-state index is -0.249. The van der Waals surface area contributed by atoms with Crippen molar-refractivity contribution < 1.29 is 19.1 Å². The van der Waals surface area contributed by atoms with E-state index < -0.39 is 0 Å². The molecule has 1 heterocycles. The molecule has 7 nitrogen and oxygen atoms in total. The van der Waals surface area contributed by atoms with Gasteiger partial charge >= 0.3 is 0 Å². The molecule has 2 amide bonds. The van der Waals surface area contributed by atoms with Gasteiger partial charge in [0.25, 0.3) is 5.91 Å². The van der Waals surface area contributed by atoms with Gasteiger partial charge in [-0.05, 0) is 54.8 Å². The van der Waals surface area contributed by atoms with Crippen LogP contribution in [-0.2, 0) is 11.3 Å². The molecule has 154 valence electrons. The van der Waals surface area contributed by atoms with Crippen molar-refractivity contribution in [1.82, 2.24) is 5.32 Å². The maximum atomic E-state index is 12.5. The third kappa shape index (κ3) is 4.99. The van der Waals surface area contributed by atoms with Crippen molar-refractivity contribution in [1.29, 1.82) is 0 Å². The summed E-state index contributed by atoms with van der Waals surface area (Å²) < 4.78 is 10.5. The van der Waals surface area contributed by atoms with Crippen LogP contribution in [0.5, 0.6) is 11.5 Å². The number of primary amides is 1. The molecule has 7 heteroatoms. The van der Waals surface area contributed by atoms with Crippen molar-refractivity contribution in [2.24, 2.45) is 11.7 Å². The summed E-state index contributed by atoms with van der Waals surface area (Å²) in [6.45, 7) is 1.89. The second-order valence-corrected chi connectivity index (χ2v) is 7.11. The van der Waals surface area contributed by atoms with Gasteiger partial charge < -0.3 is 25.4 Å². The van der Waals surface area contributed by atoms with E-state index >= 15 is 0 Å². The van der Waals surface area contributed by atoms with Gasteiger partial charge in [0.15, 0.2) is 11.5 Å². The Balaban J connectivity index is 1.60. The van der Waals surface area contributed by atoms with Crippen molar-refractivity contribution in [3.8, 4) is 11.5 Å². The molecule has 0 bridgehead atoms. The lowest BCUT2D eigenvalue weighted by atomic mass is 9.97. The van der Waals surface area contributed by atoms with E-state index in [1.165, 1.54) is 0 Å². The van der Waals surface area contributed by atoms with Crippen molar-refractivity contribution >= 4 is 17.5 Å². The maximum Gasteiger partial charge on any atom is 0.251 e. The number of nitrogens with one attached hydrogen (secondary N) is 1. The van der Waals surface area contributed by atoms with E-state index in [1.54, 1.807) is 26.4 Å². The van der Waals surface area contributed by atoms with Gasteiger partial charge in [0, 0.05) is 30.9 Å². The summed E-state index contributed by atoms with van der Waals surface area (Å²) >= 11 is 0. The van der Waals surface area contributed by atoms with Crippen LogP contribution in [0.1, 0.15) is 28.8 Å². The molecule has 1 aliphatic heterocycles. The van der Waals surface area contributed by atoms with Gasteiger partial charge in [0.1, 0.15) is 0 Å². The Morgan fingerprint density at radius 1 is 1.10 bits per heavy atom. The SMILES string of the molecule is COc1ccc(CNC(=O)c2ccc(N3CCC[C@H](C(N)=O)C3)cc2)cc1OC. The second kappa shape index (κ2) is 9.32. The van der Waals surface area contributed by atoms with Crippen molar-refractivity contribution in [3.05, 3.63) is 53.6 Å². The molecule has 29 heavy (non-hydrogen) atoms. The number of carbonyl (C=O) groups excluding carboxylic acids is 2. The number of piperidine rings is 1. The average molecular weight is 397 g/mol. The molecule has 3 N–H and O–H groups in total. The lowest BCUT2D eigenvalue weighted by Gasteiger charge is -2.33. The van der Waals surface area contributed by atoms with Gasteiger partial charge in [0.2, 0.25) is 5.91 Å². The number of hydrogen-bond donors (Lipinski definition) is 2. The highest BCUT2D eigenvalue weighted by Crippen LogP contribution is 2.27. The Morgan fingerprint density at radius 2 is 1.83 bits per heavy atom.